The smallest absolute Gasteiger partial charge is 0.161 e. The first-order chi connectivity index (χ1) is 7.58. The molecule has 0 saturated carbocycles. The molecule has 0 aromatic heterocycles. The molecule has 0 fully saturated rings. The fourth-order valence-electron chi connectivity index (χ4n) is 1.22. The predicted molar refractivity (Wildman–Crippen MR) is 69.3 cm³/mol. The quantitative estimate of drug-likeness (QED) is 0.802. The third-order valence-electron chi connectivity index (χ3n) is 2.35. The van der Waals surface area contributed by atoms with Gasteiger partial charge in [0, 0.05) is 5.56 Å². The highest BCUT2D eigenvalue weighted by molar-refractivity contribution is 7.80. The highest BCUT2D eigenvalue weighted by Gasteiger charge is 2.09. The van der Waals surface area contributed by atoms with Crippen molar-refractivity contribution in [1.82, 2.24) is 0 Å². The van der Waals surface area contributed by atoms with Gasteiger partial charge in [0.05, 0.1) is 13.2 Å². The van der Waals surface area contributed by atoms with Gasteiger partial charge in [0.15, 0.2) is 11.5 Å². The van der Waals surface area contributed by atoms with Crippen LogP contribution < -0.4 is 15.2 Å². The van der Waals surface area contributed by atoms with Crippen molar-refractivity contribution in [2.75, 3.05) is 7.11 Å². The average molecular weight is 239 g/mol. The average Bonchev–Trinajstić information content (AvgIpc) is 2.29. The Labute approximate surface area is 102 Å². The van der Waals surface area contributed by atoms with Gasteiger partial charge in [0.25, 0.3) is 0 Å². The predicted octanol–water partition coefficient (Wildman–Crippen LogP) is 2.51. The second-order valence-electron chi connectivity index (χ2n) is 3.57. The van der Waals surface area contributed by atoms with Gasteiger partial charge in [-0.15, -0.1) is 0 Å². The zero-order chi connectivity index (χ0) is 12.1. The summed E-state index contributed by atoms with van der Waals surface area (Å²) in [5.41, 5.74) is 6.33. The van der Waals surface area contributed by atoms with Crippen LogP contribution in [0.4, 0.5) is 0 Å². The van der Waals surface area contributed by atoms with Crippen molar-refractivity contribution in [2.45, 2.75) is 26.4 Å². The van der Waals surface area contributed by atoms with Crippen molar-refractivity contribution in [3.05, 3.63) is 23.8 Å². The molecule has 0 spiro atoms. The van der Waals surface area contributed by atoms with Crippen molar-refractivity contribution >= 4 is 17.2 Å². The van der Waals surface area contributed by atoms with Crippen molar-refractivity contribution < 1.29 is 9.47 Å². The van der Waals surface area contributed by atoms with Gasteiger partial charge in [-0.3, -0.25) is 0 Å². The molecule has 1 unspecified atom stereocenters. The molecule has 3 nitrogen and oxygen atoms in total. The minimum absolute atomic E-state index is 0.157. The highest BCUT2D eigenvalue weighted by atomic mass is 32.1. The summed E-state index contributed by atoms with van der Waals surface area (Å²) in [5, 5.41) is 0. The number of thiocarbonyl (C=S) groups is 1. The number of hydrogen-bond acceptors (Lipinski definition) is 3. The van der Waals surface area contributed by atoms with E-state index in [1.807, 2.05) is 19.1 Å². The van der Waals surface area contributed by atoms with Gasteiger partial charge in [0.2, 0.25) is 0 Å². The van der Waals surface area contributed by atoms with Crippen LogP contribution in [0.5, 0.6) is 11.5 Å². The molecule has 16 heavy (non-hydrogen) atoms. The molecular formula is C12H17NO2S. The van der Waals surface area contributed by atoms with E-state index in [0.717, 1.165) is 17.7 Å². The van der Waals surface area contributed by atoms with Gasteiger partial charge in [-0.2, -0.15) is 0 Å². The van der Waals surface area contributed by atoms with Gasteiger partial charge < -0.3 is 15.2 Å². The Bertz CT molecular complexity index is 379. The van der Waals surface area contributed by atoms with Gasteiger partial charge in [-0.25, -0.2) is 0 Å². The summed E-state index contributed by atoms with van der Waals surface area (Å²) in [7, 11) is 1.60. The van der Waals surface area contributed by atoms with E-state index in [1.54, 1.807) is 13.2 Å². The Balaban J connectivity index is 2.97. The van der Waals surface area contributed by atoms with Gasteiger partial charge in [0.1, 0.15) is 4.99 Å². The monoisotopic (exact) mass is 239 g/mol. The van der Waals surface area contributed by atoms with Gasteiger partial charge in [-0.1, -0.05) is 19.1 Å². The summed E-state index contributed by atoms with van der Waals surface area (Å²) in [5.74, 6) is 1.38. The first kappa shape index (κ1) is 12.8. The van der Waals surface area contributed by atoms with Crippen LogP contribution in [0.15, 0.2) is 18.2 Å². The Hall–Kier alpha value is -1.29. The molecule has 1 aromatic rings. The van der Waals surface area contributed by atoms with Crippen LogP contribution in [-0.2, 0) is 0 Å². The SMILES string of the molecule is CCC(C)Oc1ccc(C(N)=S)cc1OC. The number of methoxy groups -OCH3 is 1. The molecule has 0 aliphatic heterocycles. The van der Waals surface area contributed by atoms with Crippen molar-refractivity contribution in [1.29, 1.82) is 0 Å². The summed E-state index contributed by atoms with van der Waals surface area (Å²) < 4.78 is 11.0. The molecule has 0 radical (unpaired) electrons. The van der Waals surface area contributed by atoms with Crippen LogP contribution in [-0.4, -0.2) is 18.2 Å². The fraction of sp³-hybridized carbons (Fsp3) is 0.417. The van der Waals surface area contributed by atoms with Crippen LogP contribution in [0.1, 0.15) is 25.8 Å². The lowest BCUT2D eigenvalue weighted by atomic mass is 10.2. The fourth-order valence-corrected chi connectivity index (χ4v) is 1.35. The van der Waals surface area contributed by atoms with Crippen LogP contribution in [0.3, 0.4) is 0 Å². The molecule has 0 heterocycles. The maximum absolute atomic E-state index is 5.71. The molecular weight excluding hydrogens is 222 g/mol. The molecule has 0 saturated heterocycles. The molecule has 0 aliphatic rings. The molecule has 0 amide bonds. The third kappa shape index (κ3) is 3.10. The molecule has 1 rings (SSSR count). The molecule has 0 aliphatic carbocycles. The molecule has 88 valence electrons. The summed E-state index contributed by atoms with van der Waals surface area (Å²) >= 11 is 4.90. The van der Waals surface area contributed by atoms with E-state index in [0.29, 0.717) is 10.7 Å². The van der Waals surface area contributed by atoms with E-state index in [-0.39, 0.29) is 6.10 Å². The maximum Gasteiger partial charge on any atom is 0.161 e. The van der Waals surface area contributed by atoms with E-state index in [2.05, 4.69) is 6.92 Å². The lowest BCUT2D eigenvalue weighted by Crippen LogP contribution is -2.12. The topological polar surface area (TPSA) is 44.5 Å². The summed E-state index contributed by atoms with van der Waals surface area (Å²) in [6.07, 6.45) is 1.10. The lowest BCUT2D eigenvalue weighted by molar-refractivity contribution is 0.207. The summed E-state index contributed by atoms with van der Waals surface area (Å²) in [6, 6.07) is 5.46. The number of ether oxygens (including phenoxy) is 2. The number of benzene rings is 1. The molecule has 1 aromatic carbocycles. The number of rotatable bonds is 5. The molecule has 0 bridgehead atoms. The van der Waals surface area contributed by atoms with Crippen molar-refractivity contribution in [3.8, 4) is 11.5 Å². The van der Waals surface area contributed by atoms with E-state index in [4.69, 9.17) is 27.4 Å². The van der Waals surface area contributed by atoms with E-state index >= 15 is 0 Å². The Morgan fingerprint density at radius 1 is 1.44 bits per heavy atom. The number of hydrogen-bond donors (Lipinski definition) is 1. The zero-order valence-corrected chi connectivity index (χ0v) is 10.6. The van der Waals surface area contributed by atoms with E-state index < -0.39 is 0 Å². The molecule has 1 atom stereocenters. The van der Waals surface area contributed by atoms with E-state index in [1.165, 1.54) is 0 Å². The first-order valence-corrected chi connectivity index (χ1v) is 5.63. The van der Waals surface area contributed by atoms with E-state index in [9.17, 15) is 0 Å². The normalized spacial score (nSPS) is 11.9. The zero-order valence-electron chi connectivity index (χ0n) is 9.82. The number of nitrogens with two attached hydrogens (primary N) is 1. The Morgan fingerprint density at radius 3 is 2.62 bits per heavy atom. The minimum Gasteiger partial charge on any atom is -0.493 e. The molecule has 4 heteroatoms. The van der Waals surface area contributed by atoms with Crippen molar-refractivity contribution in [2.24, 2.45) is 5.73 Å². The van der Waals surface area contributed by atoms with Crippen LogP contribution in [0, 0.1) is 0 Å². The molecule has 2 N–H and O–H groups in total. The van der Waals surface area contributed by atoms with Crippen LogP contribution in [0.25, 0.3) is 0 Å². The maximum atomic E-state index is 5.71. The second-order valence-corrected chi connectivity index (χ2v) is 4.01. The third-order valence-corrected chi connectivity index (χ3v) is 2.59. The largest absolute Gasteiger partial charge is 0.493 e. The second kappa shape index (κ2) is 5.70. The highest BCUT2D eigenvalue weighted by Crippen LogP contribution is 2.29. The standard InChI is InChI=1S/C12H17NO2S/c1-4-8(2)15-10-6-5-9(12(13)16)7-11(10)14-3/h5-8H,4H2,1-3H3,(H2,13,16). The summed E-state index contributed by atoms with van der Waals surface area (Å²) in [4.78, 5) is 0.355. The van der Waals surface area contributed by atoms with Crippen molar-refractivity contribution in [3.63, 3.8) is 0 Å². The minimum atomic E-state index is 0.157. The Kier molecular flexibility index (Phi) is 4.55. The summed E-state index contributed by atoms with van der Waals surface area (Å²) in [6.45, 7) is 4.08. The Morgan fingerprint density at radius 2 is 2.12 bits per heavy atom. The van der Waals surface area contributed by atoms with Gasteiger partial charge in [-0.05, 0) is 31.5 Å². The van der Waals surface area contributed by atoms with Gasteiger partial charge >= 0.3 is 0 Å². The first-order valence-electron chi connectivity index (χ1n) is 5.23. The van der Waals surface area contributed by atoms with Crippen LogP contribution in [0.2, 0.25) is 0 Å². The lowest BCUT2D eigenvalue weighted by Gasteiger charge is -2.16. The van der Waals surface area contributed by atoms with Crippen LogP contribution >= 0.6 is 12.2 Å².